The van der Waals surface area contributed by atoms with Crippen molar-refractivity contribution in [2.75, 3.05) is 0 Å². The number of carboxylic acids is 1. The van der Waals surface area contributed by atoms with Crippen LogP contribution in [0.4, 0.5) is 4.39 Å². The van der Waals surface area contributed by atoms with E-state index < -0.39 is 11.4 Å². The lowest BCUT2D eigenvalue weighted by Crippen LogP contribution is -2.33. The van der Waals surface area contributed by atoms with Gasteiger partial charge in [0.1, 0.15) is 11.2 Å². The lowest BCUT2D eigenvalue weighted by molar-refractivity contribution is -0.143. The molecule has 1 aromatic heterocycles. The molecular formula is C14H15FN2O2. The largest absolute Gasteiger partial charge is 0.481 e. The number of aliphatic carboxylic acids is 1. The van der Waals surface area contributed by atoms with Crippen molar-refractivity contribution in [3.8, 4) is 0 Å². The number of carboxylic acid groups (broad SMARTS) is 1. The molecule has 4 nitrogen and oxygen atoms in total. The first-order valence-electron chi connectivity index (χ1n) is 6.41. The van der Waals surface area contributed by atoms with Gasteiger partial charge in [-0.05, 0) is 31.0 Å². The number of halogens is 1. The Labute approximate surface area is 109 Å². The standard InChI is InChI=1S/C14H15FN2O2/c1-17-11-5-4-9(15)8-10(11)12(16-17)14(13(18)19)6-2-3-7-14/h4-5,8H,2-3,6-7H2,1H3,(H,18,19). The van der Waals surface area contributed by atoms with Crippen LogP contribution in [0.1, 0.15) is 31.4 Å². The molecule has 0 saturated heterocycles. The number of hydrogen-bond acceptors (Lipinski definition) is 2. The van der Waals surface area contributed by atoms with Crippen molar-refractivity contribution in [2.45, 2.75) is 31.1 Å². The van der Waals surface area contributed by atoms with E-state index in [1.807, 2.05) is 0 Å². The zero-order valence-corrected chi connectivity index (χ0v) is 10.7. The molecule has 19 heavy (non-hydrogen) atoms. The molecule has 1 aromatic carbocycles. The van der Waals surface area contributed by atoms with E-state index in [9.17, 15) is 14.3 Å². The van der Waals surface area contributed by atoms with E-state index in [1.165, 1.54) is 12.1 Å². The van der Waals surface area contributed by atoms with Crippen molar-refractivity contribution in [3.63, 3.8) is 0 Å². The van der Waals surface area contributed by atoms with Crippen LogP contribution in [0.15, 0.2) is 18.2 Å². The number of fused-ring (bicyclic) bond motifs is 1. The first kappa shape index (κ1) is 12.1. The molecule has 1 aliphatic carbocycles. The summed E-state index contributed by atoms with van der Waals surface area (Å²) in [5.41, 5.74) is 0.325. The number of rotatable bonds is 2. The third-order valence-corrected chi connectivity index (χ3v) is 4.13. The van der Waals surface area contributed by atoms with Crippen LogP contribution in [-0.2, 0) is 17.3 Å². The summed E-state index contributed by atoms with van der Waals surface area (Å²) in [6, 6.07) is 4.40. The van der Waals surface area contributed by atoms with Gasteiger partial charge in [-0.1, -0.05) is 12.8 Å². The Morgan fingerprint density at radius 2 is 2.11 bits per heavy atom. The van der Waals surface area contributed by atoms with Gasteiger partial charge >= 0.3 is 5.97 Å². The summed E-state index contributed by atoms with van der Waals surface area (Å²) in [5.74, 6) is -1.21. The maximum atomic E-state index is 13.5. The molecule has 0 atom stereocenters. The Morgan fingerprint density at radius 1 is 1.42 bits per heavy atom. The Kier molecular flexibility index (Phi) is 2.59. The predicted molar refractivity (Wildman–Crippen MR) is 68.5 cm³/mol. The van der Waals surface area contributed by atoms with Gasteiger partial charge in [-0.3, -0.25) is 9.48 Å². The molecule has 5 heteroatoms. The van der Waals surface area contributed by atoms with E-state index in [1.54, 1.807) is 17.8 Å². The molecule has 1 saturated carbocycles. The molecule has 1 N–H and O–H groups in total. The molecule has 100 valence electrons. The summed E-state index contributed by atoms with van der Waals surface area (Å²) in [6.45, 7) is 0. The topological polar surface area (TPSA) is 55.1 Å². The summed E-state index contributed by atoms with van der Waals surface area (Å²) in [4.78, 5) is 11.7. The number of aromatic nitrogens is 2. The summed E-state index contributed by atoms with van der Waals surface area (Å²) < 4.78 is 15.1. The maximum absolute atomic E-state index is 13.5. The predicted octanol–water partition coefficient (Wildman–Crippen LogP) is 2.61. The van der Waals surface area contributed by atoms with Crippen molar-refractivity contribution in [2.24, 2.45) is 7.05 Å². The van der Waals surface area contributed by atoms with Gasteiger partial charge in [-0.15, -0.1) is 0 Å². The second kappa shape index (κ2) is 4.05. The van der Waals surface area contributed by atoms with E-state index >= 15 is 0 Å². The number of carbonyl (C=O) groups is 1. The van der Waals surface area contributed by atoms with Gasteiger partial charge < -0.3 is 5.11 Å². The Balaban J connectivity index is 2.30. The average Bonchev–Trinajstić information content (AvgIpc) is 2.95. The maximum Gasteiger partial charge on any atom is 0.315 e. The fourth-order valence-electron chi connectivity index (χ4n) is 3.12. The third kappa shape index (κ3) is 1.64. The van der Waals surface area contributed by atoms with Crippen LogP contribution >= 0.6 is 0 Å². The highest BCUT2D eigenvalue weighted by Crippen LogP contribution is 2.43. The highest BCUT2D eigenvalue weighted by Gasteiger charge is 2.46. The van der Waals surface area contributed by atoms with Crippen molar-refractivity contribution in [1.82, 2.24) is 9.78 Å². The van der Waals surface area contributed by atoms with Gasteiger partial charge in [0, 0.05) is 12.4 Å². The lowest BCUT2D eigenvalue weighted by atomic mass is 9.81. The van der Waals surface area contributed by atoms with Crippen LogP contribution in [0.3, 0.4) is 0 Å². The van der Waals surface area contributed by atoms with Crippen molar-refractivity contribution >= 4 is 16.9 Å². The molecule has 2 aromatic rings. The Bertz CT molecular complexity index is 657. The molecule has 3 rings (SSSR count). The van der Waals surface area contributed by atoms with E-state index in [-0.39, 0.29) is 5.82 Å². The quantitative estimate of drug-likeness (QED) is 0.905. The lowest BCUT2D eigenvalue weighted by Gasteiger charge is -2.21. The zero-order chi connectivity index (χ0) is 13.6. The summed E-state index contributed by atoms with van der Waals surface area (Å²) in [7, 11) is 1.76. The van der Waals surface area contributed by atoms with Gasteiger partial charge in [0.2, 0.25) is 0 Å². The molecule has 0 amide bonds. The minimum absolute atomic E-state index is 0.361. The normalized spacial score (nSPS) is 18.0. The average molecular weight is 262 g/mol. The molecule has 0 aliphatic heterocycles. The number of nitrogens with zero attached hydrogens (tertiary/aromatic N) is 2. The molecule has 0 unspecified atom stereocenters. The van der Waals surface area contributed by atoms with Crippen molar-refractivity contribution in [1.29, 1.82) is 0 Å². The Morgan fingerprint density at radius 3 is 2.74 bits per heavy atom. The van der Waals surface area contributed by atoms with Crippen LogP contribution in [0, 0.1) is 5.82 Å². The molecule has 0 bridgehead atoms. The van der Waals surface area contributed by atoms with Crippen LogP contribution in [0.5, 0.6) is 0 Å². The van der Waals surface area contributed by atoms with Gasteiger partial charge in [-0.25, -0.2) is 4.39 Å². The van der Waals surface area contributed by atoms with Gasteiger partial charge in [-0.2, -0.15) is 5.10 Å². The van der Waals surface area contributed by atoms with Crippen LogP contribution in [0.25, 0.3) is 10.9 Å². The highest BCUT2D eigenvalue weighted by atomic mass is 19.1. The second-order valence-corrected chi connectivity index (χ2v) is 5.23. The van der Waals surface area contributed by atoms with Gasteiger partial charge in [0.15, 0.2) is 0 Å². The molecule has 0 radical (unpaired) electrons. The first-order chi connectivity index (χ1) is 9.04. The van der Waals surface area contributed by atoms with Gasteiger partial charge in [0.25, 0.3) is 0 Å². The molecule has 1 aliphatic rings. The third-order valence-electron chi connectivity index (χ3n) is 4.13. The molecule has 1 fully saturated rings. The fourth-order valence-corrected chi connectivity index (χ4v) is 3.12. The molecule has 1 heterocycles. The number of benzene rings is 1. The Hall–Kier alpha value is -1.91. The molecular weight excluding hydrogens is 247 g/mol. The van der Waals surface area contributed by atoms with Crippen molar-refractivity contribution < 1.29 is 14.3 Å². The zero-order valence-electron chi connectivity index (χ0n) is 10.7. The van der Waals surface area contributed by atoms with Crippen LogP contribution in [-0.4, -0.2) is 20.9 Å². The first-order valence-corrected chi connectivity index (χ1v) is 6.41. The van der Waals surface area contributed by atoms with E-state index in [0.717, 1.165) is 18.4 Å². The van der Waals surface area contributed by atoms with Crippen LogP contribution in [0.2, 0.25) is 0 Å². The minimum Gasteiger partial charge on any atom is -0.481 e. The molecule has 0 spiro atoms. The number of hydrogen-bond donors (Lipinski definition) is 1. The van der Waals surface area contributed by atoms with E-state index in [2.05, 4.69) is 5.10 Å². The van der Waals surface area contributed by atoms with E-state index in [0.29, 0.717) is 23.9 Å². The SMILES string of the molecule is Cn1nc(C2(C(=O)O)CCCC2)c2cc(F)ccc21. The monoisotopic (exact) mass is 262 g/mol. The van der Waals surface area contributed by atoms with Crippen molar-refractivity contribution in [3.05, 3.63) is 29.7 Å². The van der Waals surface area contributed by atoms with E-state index in [4.69, 9.17) is 0 Å². The summed E-state index contributed by atoms with van der Waals surface area (Å²) in [5, 5.41) is 14.6. The van der Waals surface area contributed by atoms with Gasteiger partial charge in [0.05, 0.1) is 11.2 Å². The highest BCUT2D eigenvalue weighted by molar-refractivity contribution is 5.91. The van der Waals surface area contributed by atoms with Crippen LogP contribution < -0.4 is 0 Å². The second-order valence-electron chi connectivity index (χ2n) is 5.23. The summed E-state index contributed by atoms with van der Waals surface area (Å²) >= 11 is 0. The smallest absolute Gasteiger partial charge is 0.315 e. The number of aryl methyl sites for hydroxylation is 1. The minimum atomic E-state index is -0.951. The fraction of sp³-hybridized carbons (Fsp3) is 0.429. The summed E-state index contributed by atoms with van der Waals surface area (Å²) in [6.07, 6.45) is 2.90.